The van der Waals surface area contributed by atoms with Crippen molar-refractivity contribution in [1.82, 2.24) is 5.32 Å². The van der Waals surface area contributed by atoms with E-state index >= 15 is 0 Å². The zero-order valence-electron chi connectivity index (χ0n) is 8.48. The Morgan fingerprint density at radius 3 is 2.19 bits per heavy atom. The second-order valence-corrected chi connectivity index (χ2v) is 3.40. The lowest BCUT2D eigenvalue weighted by molar-refractivity contribution is -0.107. The van der Waals surface area contributed by atoms with Crippen LogP contribution in [0.5, 0.6) is 0 Å². The first-order valence-corrected chi connectivity index (χ1v) is 4.53. The van der Waals surface area contributed by atoms with E-state index in [1.807, 2.05) is 0 Å². The van der Waals surface area contributed by atoms with E-state index in [2.05, 4.69) is 5.32 Å². The van der Waals surface area contributed by atoms with Gasteiger partial charge in [0.15, 0.2) is 0 Å². The van der Waals surface area contributed by atoms with Crippen molar-refractivity contribution in [3.63, 3.8) is 0 Å². The summed E-state index contributed by atoms with van der Waals surface area (Å²) >= 11 is 0. The second-order valence-electron chi connectivity index (χ2n) is 3.40. The summed E-state index contributed by atoms with van der Waals surface area (Å²) in [6.07, 6.45) is -2.25. The van der Waals surface area contributed by atoms with Crippen molar-refractivity contribution in [2.75, 3.05) is 13.6 Å². The summed E-state index contributed by atoms with van der Waals surface area (Å²) in [6.45, 7) is -0.785. The molecule has 0 heterocycles. The zero-order chi connectivity index (χ0) is 12.3. The minimum Gasteiger partial charge on any atom is -0.382 e. The van der Waals surface area contributed by atoms with Gasteiger partial charge in [-0.05, 0) is 24.7 Å². The Morgan fingerprint density at radius 1 is 1.25 bits per heavy atom. The van der Waals surface area contributed by atoms with Gasteiger partial charge in [0.2, 0.25) is 0 Å². The Balaban J connectivity index is 2.99. The van der Waals surface area contributed by atoms with Crippen LogP contribution in [-0.4, -0.2) is 24.6 Å². The summed E-state index contributed by atoms with van der Waals surface area (Å²) in [6, 6.07) is 1.90. The molecule has 0 radical (unpaired) electrons. The highest BCUT2D eigenvalue weighted by molar-refractivity contribution is 5.22. The highest BCUT2D eigenvalue weighted by Gasteiger charge is 2.39. The van der Waals surface area contributed by atoms with E-state index in [9.17, 15) is 22.7 Å². The molecule has 0 aliphatic heterocycles. The predicted molar refractivity (Wildman–Crippen MR) is 50.2 cm³/mol. The first-order chi connectivity index (χ1) is 7.36. The van der Waals surface area contributed by atoms with E-state index < -0.39 is 35.8 Å². The van der Waals surface area contributed by atoms with Gasteiger partial charge in [0.25, 0.3) is 5.92 Å². The largest absolute Gasteiger partial charge is 0.382 e. The topological polar surface area (TPSA) is 32.3 Å². The van der Waals surface area contributed by atoms with Gasteiger partial charge in [-0.1, -0.05) is 0 Å². The highest BCUT2D eigenvalue weighted by atomic mass is 19.3. The average molecular weight is 237 g/mol. The summed E-state index contributed by atoms with van der Waals surface area (Å²) in [4.78, 5) is 0. The molecule has 1 aromatic carbocycles. The molecule has 0 saturated heterocycles. The zero-order valence-corrected chi connectivity index (χ0v) is 8.48. The van der Waals surface area contributed by atoms with Crippen molar-refractivity contribution in [2.24, 2.45) is 0 Å². The molecule has 1 unspecified atom stereocenters. The van der Waals surface area contributed by atoms with Crippen molar-refractivity contribution in [2.45, 2.75) is 12.0 Å². The summed E-state index contributed by atoms with van der Waals surface area (Å²) in [5.41, 5.74) is -0.488. The number of aliphatic hydroxyl groups excluding tert-OH is 1. The third kappa shape index (κ3) is 2.93. The summed E-state index contributed by atoms with van der Waals surface area (Å²) < 4.78 is 51.9. The number of hydrogen-bond donors (Lipinski definition) is 2. The van der Waals surface area contributed by atoms with E-state index in [-0.39, 0.29) is 0 Å². The van der Waals surface area contributed by atoms with Gasteiger partial charge >= 0.3 is 0 Å². The van der Waals surface area contributed by atoms with Gasteiger partial charge in [0.05, 0.1) is 6.54 Å². The maximum Gasteiger partial charge on any atom is 0.289 e. The lowest BCUT2D eigenvalue weighted by atomic mass is 10.0. The molecule has 16 heavy (non-hydrogen) atoms. The molecule has 0 aromatic heterocycles. The lowest BCUT2D eigenvalue weighted by Crippen LogP contribution is -2.36. The molecular formula is C10H11F4NO. The molecule has 0 fully saturated rings. The molecule has 2 N–H and O–H groups in total. The second kappa shape index (κ2) is 4.80. The number of alkyl halides is 2. The van der Waals surface area contributed by atoms with Crippen LogP contribution in [0.3, 0.4) is 0 Å². The van der Waals surface area contributed by atoms with E-state index in [0.29, 0.717) is 18.2 Å². The Kier molecular flexibility index (Phi) is 3.88. The number of nitrogens with one attached hydrogen (secondary N) is 1. The van der Waals surface area contributed by atoms with Crippen LogP contribution in [-0.2, 0) is 0 Å². The summed E-state index contributed by atoms with van der Waals surface area (Å²) in [7, 11) is 1.28. The number of aliphatic hydroxyl groups is 1. The Bertz CT molecular complexity index is 350. The summed E-state index contributed by atoms with van der Waals surface area (Å²) in [5, 5.41) is 11.5. The molecule has 0 bridgehead atoms. The lowest BCUT2D eigenvalue weighted by Gasteiger charge is -2.22. The molecule has 0 aliphatic carbocycles. The van der Waals surface area contributed by atoms with Gasteiger partial charge in [0, 0.05) is 6.07 Å². The van der Waals surface area contributed by atoms with Crippen LogP contribution in [0.15, 0.2) is 18.2 Å². The Hall–Kier alpha value is -1.14. The van der Waals surface area contributed by atoms with Gasteiger partial charge in [-0.2, -0.15) is 0 Å². The van der Waals surface area contributed by atoms with Gasteiger partial charge in [-0.3, -0.25) is 0 Å². The van der Waals surface area contributed by atoms with Crippen LogP contribution in [0.1, 0.15) is 11.7 Å². The molecule has 1 rings (SSSR count). The number of halogens is 4. The van der Waals surface area contributed by atoms with Gasteiger partial charge in [0.1, 0.15) is 17.7 Å². The maximum absolute atomic E-state index is 13.2. The Morgan fingerprint density at radius 2 is 1.75 bits per heavy atom. The van der Waals surface area contributed by atoms with Gasteiger partial charge < -0.3 is 10.4 Å². The first kappa shape index (κ1) is 12.9. The van der Waals surface area contributed by atoms with Crippen LogP contribution in [0, 0.1) is 11.6 Å². The minimum atomic E-state index is -3.49. The number of benzene rings is 1. The third-order valence-corrected chi connectivity index (χ3v) is 2.01. The smallest absolute Gasteiger partial charge is 0.289 e. The SMILES string of the molecule is CNCC(F)(F)C(O)c1cc(F)cc(F)c1. The molecule has 0 amide bonds. The monoisotopic (exact) mass is 237 g/mol. The highest BCUT2D eigenvalue weighted by Crippen LogP contribution is 2.31. The average Bonchev–Trinajstić information content (AvgIpc) is 2.14. The molecule has 0 aliphatic rings. The van der Waals surface area contributed by atoms with Crippen molar-refractivity contribution >= 4 is 0 Å². The van der Waals surface area contributed by atoms with Crippen LogP contribution < -0.4 is 5.32 Å². The van der Waals surface area contributed by atoms with Gasteiger partial charge in [-0.25, -0.2) is 17.6 Å². The van der Waals surface area contributed by atoms with E-state index in [4.69, 9.17) is 0 Å². The van der Waals surface area contributed by atoms with Crippen molar-refractivity contribution in [1.29, 1.82) is 0 Å². The van der Waals surface area contributed by atoms with E-state index in [0.717, 1.165) is 0 Å². The quantitative estimate of drug-likeness (QED) is 0.783. The van der Waals surface area contributed by atoms with Crippen molar-refractivity contribution < 1.29 is 22.7 Å². The molecule has 90 valence electrons. The van der Waals surface area contributed by atoms with Gasteiger partial charge in [-0.15, -0.1) is 0 Å². The van der Waals surface area contributed by atoms with Crippen LogP contribution in [0.2, 0.25) is 0 Å². The molecule has 0 saturated carbocycles. The van der Waals surface area contributed by atoms with Crippen LogP contribution >= 0.6 is 0 Å². The molecule has 1 atom stereocenters. The molecular weight excluding hydrogens is 226 g/mol. The van der Waals surface area contributed by atoms with Crippen LogP contribution in [0.4, 0.5) is 17.6 Å². The maximum atomic E-state index is 13.2. The molecule has 6 heteroatoms. The Labute approximate surface area is 89.9 Å². The molecule has 1 aromatic rings. The standard InChI is InChI=1S/C10H11F4NO/c1-15-5-10(13,14)9(16)6-2-7(11)4-8(12)3-6/h2-4,9,15-16H,5H2,1H3. The fourth-order valence-corrected chi connectivity index (χ4v) is 1.31. The van der Waals surface area contributed by atoms with Crippen LogP contribution in [0.25, 0.3) is 0 Å². The fourth-order valence-electron chi connectivity index (χ4n) is 1.31. The van der Waals surface area contributed by atoms with E-state index in [1.54, 1.807) is 0 Å². The molecule has 2 nitrogen and oxygen atoms in total. The van der Waals surface area contributed by atoms with Crippen molar-refractivity contribution in [3.05, 3.63) is 35.4 Å². The van der Waals surface area contributed by atoms with Crippen molar-refractivity contribution in [3.8, 4) is 0 Å². The number of rotatable bonds is 4. The number of hydrogen-bond acceptors (Lipinski definition) is 2. The fraction of sp³-hybridized carbons (Fsp3) is 0.400. The predicted octanol–water partition coefficient (Wildman–Crippen LogP) is 1.85. The third-order valence-electron chi connectivity index (χ3n) is 2.01. The summed E-state index contributed by atoms with van der Waals surface area (Å²) in [5.74, 6) is -5.50. The van der Waals surface area contributed by atoms with E-state index in [1.165, 1.54) is 7.05 Å². The normalized spacial score (nSPS) is 13.9. The minimum absolute atomic E-state index is 0.488. The first-order valence-electron chi connectivity index (χ1n) is 4.53. The molecule has 0 spiro atoms.